The van der Waals surface area contributed by atoms with Gasteiger partial charge < -0.3 is 5.32 Å². The minimum atomic E-state index is -3.06. The maximum atomic E-state index is 12.1. The van der Waals surface area contributed by atoms with Gasteiger partial charge in [-0.05, 0) is 48.6 Å². The molecule has 4 heteroatoms. The van der Waals surface area contributed by atoms with E-state index in [0.29, 0.717) is 4.90 Å². The van der Waals surface area contributed by atoms with Crippen LogP contribution in [-0.2, 0) is 22.7 Å². The first-order valence-corrected chi connectivity index (χ1v) is 7.89. The summed E-state index contributed by atoms with van der Waals surface area (Å²) in [6.45, 7) is 2.81. The minimum absolute atomic E-state index is 0.00843. The second-order valence-corrected chi connectivity index (χ2v) is 6.91. The molecule has 92 valence electrons. The fourth-order valence-electron chi connectivity index (χ4n) is 2.98. The second kappa shape index (κ2) is 3.82. The molecule has 2 aliphatic rings. The average molecular weight is 251 g/mol. The lowest BCUT2D eigenvalue weighted by molar-refractivity contribution is 0.579. The quantitative estimate of drug-likeness (QED) is 0.868. The Morgan fingerprint density at radius 2 is 2.00 bits per heavy atom. The van der Waals surface area contributed by atoms with Crippen molar-refractivity contribution >= 4 is 9.84 Å². The number of benzene rings is 1. The van der Waals surface area contributed by atoms with E-state index in [-0.39, 0.29) is 11.8 Å². The summed E-state index contributed by atoms with van der Waals surface area (Å²) >= 11 is 0. The normalized spacial score (nSPS) is 24.6. The van der Waals surface area contributed by atoms with Gasteiger partial charge >= 0.3 is 0 Å². The van der Waals surface area contributed by atoms with E-state index in [0.717, 1.165) is 31.4 Å². The van der Waals surface area contributed by atoms with Crippen molar-refractivity contribution in [2.45, 2.75) is 37.1 Å². The van der Waals surface area contributed by atoms with Gasteiger partial charge in [0.15, 0.2) is 9.84 Å². The van der Waals surface area contributed by atoms with Crippen molar-refractivity contribution in [3.05, 3.63) is 28.8 Å². The van der Waals surface area contributed by atoms with Crippen molar-refractivity contribution in [1.82, 2.24) is 5.32 Å². The third-order valence-corrected chi connectivity index (χ3v) is 5.57. The smallest absolute Gasteiger partial charge is 0.180 e. The van der Waals surface area contributed by atoms with Gasteiger partial charge in [0.1, 0.15) is 0 Å². The molecule has 0 fully saturated rings. The van der Waals surface area contributed by atoms with E-state index < -0.39 is 9.84 Å². The summed E-state index contributed by atoms with van der Waals surface area (Å²) in [7, 11) is -3.06. The fraction of sp³-hybridized carbons (Fsp3) is 0.538. The monoisotopic (exact) mass is 251 g/mol. The molecule has 0 spiro atoms. The molecule has 17 heavy (non-hydrogen) atoms. The topological polar surface area (TPSA) is 46.2 Å². The molecule has 1 aliphatic heterocycles. The summed E-state index contributed by atoms with van der Waals surface area (Å²) in [6.07, 6.45) is 3.29. The van der Waals surface area contributed by atoms with Gasteiger partial charge in [0, 0.05) is 6.04 Å². The molecule has 1 N–H and O–H groups in total. The van der Waals surface area contributed by atoms with Crippen LogP contribution in [0.15, 0.2) is 17.0 Å². The van der Waals surface area contributed by atoms with Gasteiger partial charge in [0.2, 0.25) is 0 Å². The molecule has 0 radical (unpaired) electrons. The van der Waals surface area contributed by atoms with E-state index in [9.17, 15) is 8.42 Å². The predicted molar refractivity (Wildman–Crippen MR) is 66.9 cm³/mol. The van der Waals surface area contributed by atoms with Gasteiger partial charge in [-0.25, -0.2) is 8.42 Å². The molecule has 0 aromatic heterocycles. The van der Waals surface area contributed by atoms with Crippen molar-refractivity contribution < 1.29 is 8.42 Å². The van der Waals surface area contributed by atoms with E-state index in [1.807, 2.05) is 13.0 Å². The van der Waals surface area contributed by atoms with Crippen LogP contribution in [0.4, 0.5) is 0 Å². The lowest BCUT2D eigenvalue weighted by Crippen LogP contribution is -2.22. The zero-order chi connectivity index (χ0) is 12.0. The van der Waals surface area contributed by atoms with Gasteiger partial charge in [0.05, 0.1) is 10.6 Å². The molecular formula is C13H17NO2S. The first-order valence-electron chi connectivity index (χ1n) is 6.23. The highest BCUT2D eigenvalue weighted by Crippen LogP contribution is 2.37. The van der Waals surface area contributed by atoms with Gasteiger partial charge in [0.25, 0.3) is 0 Å². The van der Waals surface area contributed by atoms with Crippen LogP contribution in [0, 0.1) is 0 Å². The molecule has 0 amide bonds. The second-order valence-electron chi connectivity index (χ2n) is 4.90. The minimum Gasteiger partial charge on any atom is -0.309 e. The zero-order valence-electron chi connectivity index (χ0n) is 9.99. The summed E-state index contributed by atoms with van der Waals surface area (Å²) in [4.78, 5) is 0.573. The highest BCUT2D eigenvalue weighted by atomic mass is 32.2. The molecule has 3 nitrogen and oxygen atoms in total. The van der Waals surface area contributed by atoms with Crippen LogP contribution in [0.3, 0.4) is 0 Å². The highest BCUT2D eigenvalue weighted by Gasteiger charge is 2.35. The van der Waals surface area contributed by atoms with Crippen LogP contribution in [0.25, 0.3) is 0 Å². The van der Waals surface area contributed by atoms with Crippen molar-refractivity contribution in [3.8, 4) is 0 Å². The molecule has 1 aromatic carbocycles. The van der Waals surface area contributed by atoms with Gasteiger partial charge in [-0.3, -0.25) is 0 Å². The van der Waals surface area contributed by atoms with Gasteiger partial charge in [-0.15, -0.1) is 0 Å². The summed E-state index contributed by atoms with van der Waals surface area (Å²) in [5.41, 5.74) is 3.58. The van der Waals surface area contributed by atoms with Crippen molar-refractivity contribution in [3.63, 3.8) is 0 Å². The summed E-state index contributed by atoms with van der Waals surface area (Å²) in [6, 6.07) is 4.03. The van der Waals surface area contributed by atoms with Crippen LogP contribution in [0.5, 0.6) is 0 Å². The van der Waals surface area contributed by atoms with Crippen LogP contribution in [0.2, 0.25) is 0 Å². The Hall–Kier alpha value is -0.870. The molecule has 0 saturated carbocycles. The fourth-order valence-corrected chi connectivity index (χ4v) is 4.77. The van der Waals surface area contributed by atoms with Gasteiger partial charge in [-0.1, -0.05) is 13.0 Å². The molecule has 0 saturated heterocycles. The molecule has 1 atom stereocenters. The van der Waals surface area contributed by atoms with E-state index in [2.05, 4.69) is 11.4 Å². The first kappa shape index (κ1) is 11.2. The zero-order valence-corrected chi connectivity index (χ0v) is 10.8. The van der Waals surface area contributed by atoms with Crippen LogP contribution >= 0.6 is 0 Å². The summed E-state index contributed by atoms with van der Waals surface area (Å²) < 4.78 is 24.2. The summed E-state index contributed by atoms with van der Waals surface area (Å²) in [5.74, 6) is 0.221. The van der Waals surface area contributed by atoms with Crippen LogP contribution < -0.4 is 5.32 Å². The number of rotatable bonds is 2. The van der Waals surface area contributed by atoms with Crippen molar-refractivity contribution in [1.29, 1.82) is 0 Å². The number of nitrogens with one attached hydrogen (secondary N) is 1. The lowest BCUT2D eigenvalue weighted by atomic mass is 10.0. The molecule has 3 rings (SSSR count). The van der Waals surface area contributed by atoms with Gasteiger partial charge in [-0.2, -0.15) is 0 Å². The Labute approximate surface area is 102 Å². The molecule has 0 bridgehead atoms. The Balaban J connectivity index is 2.15. The third kappa shape index (κ3) is 1.70. The Kier molecular flexibility index (Phi) is 2.52. The Morgan fingerprint density at radius 1 is 1.29 bits per heavy atom. The maximum absolute atomic E-state index is 12.1. The first-order chi connectivity index (χ1) is 8.12. The largest absolute Gasteiger partial charge is 0.309 e. The van der Waals surface area contributed by atoms with Crippen molar-refractivity contribution in [2.24, 2.45) is 0 Å². The molecule has 1 aromatic rings. The Bertz CT molecular complexity index is 563. The predicted octanol–water partition coefficient (Wildman–Crippen LogP) is 1.61. The van der Waals surface area contributed by atoms with Crippen LogP contribution in [-0.4, -0.2) is 20.7 Å². The maximum Gasteiger partial charge on any atom is 0.180 e. The molecule has 1 aliphatic carbocycles. The van der Waals surface area contributed by atoms with Crippen molar-refractivity contribution in [2.75, 3.05) is 12.3 Å². The number of sulfone groups is 1. The molecule has 1 heterocycles. The standard InChI is InChI=1S/C13H17NO2S/c1-2-14-12-8-17(15,16)13-7-10-5-3-4-9(10)6-11(12)13/h6-7,12,14H,2-5,8H2,1H3. The number of fused-ring (bicyclic) bond motifs is 2. The van der Waals surface area contributed by atoms with Crippen LogP contribution in [0.1, 0.15) is 36.1 Å². The average Bonchev–Trinajstić information content (AvgIpc) is 2.81. The summed E-state index contributed by atoms with van der Waals surface area (Å²) in [5, 5.41) is 3.27. The number of hydrogen-bond donors (Lipinski definition) is 1. The molecule has 1 unspecified atom stereocenters. The Morgan fingerprint density at radius 3 is 2.71 bits per heavy atom. The number of hydrogen-bond acceptors (Lipinski definition) is 3. The van der Waals surface area contributed by atoms with E-state index in [4.69, 9.17) is 0 Å². The van der Waals surface area contributed by atoms with E-state index in [1.54, 1.807) is 0 Å². The van der Waals surface area contributed by atoms with E-state index >= 15 is 0 Å². The molecular weight excluding hydrogens is 234 g/mol. The third-order valence-electron chi connectivity index (χ3n) is 3.77. The van der Waals surface area contributed by atoms with E-state index in [1.165, 1.54) is 11.1 Å². The highest BCUT2D eigenvalue weighted by molar-refractivity contribution is 7.91. The SMILES string of the molecule is CCNC1CS(=O)(=O)c2cc3c(cc21)CCC3. The lowest BCUT2D eigenvalue weighted by Gasteiger charge is -2.11. The number of aryl methyl sites for hydroxylation is 2.